The lowest BCUT2D eigenvalue weighted by molar-refractivity contribution is 0.254. The number of nitriles is 1. The molecule has 0 radical (unpaired) electrons. The first-order chi connectivity index (χ1) is 8.89. The molecule has 0 heterocycles. The lowest BCUT2D eigenvalue weighted by Crippen LogP contribution is -2.14. The van der Waals surface area contributed by atoms with Crippen LogP contribution in [0.25, 0.3) is 0 Å². The Labute approximate surface area is 114 Å². The van der Waals surface area contributed by atoms with Gasteiger partial charge in [-0.1, -0.05) is 6.07 Å². The highest BCUT2D eigenvalue weighted by molar-refractivity contribution is 5.30. The molecule has 0 spiro atoms. The minimum Gasteiger partial charge on any atom is -0.490 e. The van der Waals surface area contributed by atoms with E-state index in [1.165, 1.54) is 6.07 Å². The van der Waals surface area contributed by atoms with E-state index in [9.17, 15) is 4.39 Å². The van der Waals surface area contributed by atoms with Crippen LogP contribution < -0.4 is 10.1 Å². The summed E-state index contributed by atoms with van der Waals surface area (Å²) in [7, 11) is 1.83. The molecule has 19 heavy (non-hydrogen) atoms. The maximum absolute atomic E-state index is 13.8. The van der Waals surface area contributed by atoms with Crippen molar-refractivity contribution in [3.05, 3.63) is 29.6 Å². The molecule has 0 aromatic heterocycles. The van der Waals surface area contributed by atoms with E-state index < -0.39 is 5.41 Å². The molecule has 1 atom stereocenters. The van der Waals surface area contributed by atoms with Gasteiger partial charge in [-0.2, -0.15) is 5.26 Å². The Hall–Kier alpha value is -1.60. The van der Waals surface area contributed by atoms with E-state index in [1.54, 1.807) is 6.07 Å². The van der Waals surface area contributed by atoms with E-state index in [0.29, 0.717) is 13.0 Å². The molecule has 0 amide bonds. The second kappa shape index (κ2) is 6.53. The zero-order chi connectivity index (χ0) is 14.5. The molecule has 1 N–H and O–H groups in total. The van der Waals surface area contributed by atoms with Gasteiger partial charge in [0, 0.05) is 6.04 Å². The molecule has 0 aliphatic heterocycles. The minimum atomic E-state index is -0.447. The normalized spacial score (nSPS) is 12.8. The molecule has 4 heteroatoms. The first-order valence-corrected chi connectivity index (χ1v) is 6.40. The average molecular weight is 264 g/mol. The zero-order valence-electron chi connectivity index (χ0n) is 12.0. The fourth-order valence-electron chi connectivity index (χ4n) is 1.54. The van der Waals surface area contributed by atoms with Crippen molar-refractivity contribution in [3.63, 3.8) is 0 Å². The van der Waals surface area contributed by atoms with Crippen LogP contribution in [0.3, 0.4) is 0 Å². The topological polar surface area (TPSA) is 45.0 Å². The van der Waals surface area contributed by atoms with Crippen LogP contribution in [0, 0.1) is 22.6 Å². The van der Waals surface area contributed by atoms with Gasteiger partial charge in [0.05, 0.1) is 18.1 Å². The Morgan fingerprint density at radius 1 is 1.47 bits per heavy atom. The van der Waals surface area contributed by atoms with Crippen LogP contribution in [0.15, 0.2) is 18.2 Å². The summed E-state index contributed by atoms with van der Waals surface area (Å²) in [5, 5.41) is 11.9. The van der Waals surface area contributed by atoms with Gasteiger partial charge in [0.15, 0.2) is 11.6 Å². The van der Waals surface area contributed by atoms with Gasteiger partial charge in [-0.15, -0.1) is 0 Å². The Bertz CT molecular complexity index is 466. The summed E-state index contributed by atoms with van der Waals surface area (Å²) in [5.41, 5.74) is 0.432. The third-order valence-electron chi connectivity index (χ3n) is 3.18. The highest BCUT2D eigenvalue weighted by Gasteiger charge is 2.17. The molecule has 0 fully saturated rings. The summed E-state index contributed by atoms with van der Waals surface area (Å²) < 4.78 is 19.2. The number of benzene rings is 1. The Balaban J connectivity index is 2.64. The highest BCUT2D eigenvalue weighted by Crippen LogP contribution is 2.24. The monoisotopic (exact) mass is 264 g/mol. The van der Waals surface area contributed by atoms with Crippen LogP contribution in [0.4, 0.5) is 4.39 Å². The molecule has 1 unspecified atom stereocenters. The summed E-state index contributed by atoms with van der Waals surface area (Å²) in [6.45, 7) is 5.97. The number of hydrogen-bond acceptors (Lipinski definition) is 3. The van der Waals surface area contributed by atoms with Crippen LogP contribution in [0.2, 0.25) is 0 Å². The molecule has 3 nitrogen and oxygen atoms in total. The fourth-order valence-corrected chi connectivity index (χ4v) is 1.54. The van der Waals surface area contributed by atoms with Crippen molar-refractivity contribution in [2.45, 2.75) is 33.2 Å². The third-order valence-corrected chi connectivity index (χ3v) is 3.18. The SMILES string of the molecule is CNC(C)c1ccc(OCCC(C)(C)C#N)c(F)c1. The van der Waals surface area contributed by atoms with E-state index in [1.807, 2.05) is 33.9 Å². The van der Waals surface area contributed by atoms with Crippen molar-refractivity contribution >= 4 is 0 Å². The zero-order valence-corrected chi connectivity index (χ0v) is 12.0. The fraction of sp³-hybridized carbons (Fsp3) is 0.533. The number of ether oxygens (including phenoxy) is 1. The predicted molar refractivity (Wildman–Crippen MR) is 73.4 cm³/mol. The Morgan fingerprint density at radius 2 is 2.16 bits per heavy atom. The van der Waals surface area contributed by atoms with Gasteiger partial charge < -0.3 is 10.1 Å². The molecular weight excluding hydrogens is 243 g/mol. The second-order valence-electron chi connectivity index (χ2n) is 5.29. The molecule has 0 aliphatic carbocycles. The number of nitrogens with zero attached hydrogens (tertiary/aromatic N) is 1. The summed E-state index contributed by atoms with van der Waals surface area (Å²) in [6.07, 6.45) is 0.567. The molecule has 1 rings (SSSR count). The van der Waals surface area contributed by atoms with Gasteiger partial charge in [0.2, 0.25) is 0 Å². The van der Waals surface area contributed by atoms with Gasteiger partial charge in [-0.3, -0.25) is 0 Å². The summed E-state index contributed by atoms with van der Waals surface area (Å²) in [6, 6.07) is 7.25. The third kappa shape index (κ3) is 4.53. The molecule has 104 valence electrons. The van der Waals surface area contributed by atoms with Crippen molar-refractivity contribution in [3.8, 4) is 11.8 Å². The molecular formula is C15H21FN2O. The summed E-state index contributed by atoms with van der Waals surface area (Å²) >= 11 is 0. The average Bonchev–Trinajstić information content (AvgIpc) is 2.39. The van der Waals surface area contributed by atoms with E-state index >= 15 is 0 Å². The van der Waals surface area contributed by atoms with Crippen LogP contribution in [0.1, 0.15) is 38.8 Å². The number of halogens is 1. The van der Waals surface area contributed by atoms with E-state index in [-0.39, 0.29) is 17.6 Å². The highest BCUT2D eigenvalue weighted by atomic mass is 19.1. The van der Waals surface area contributed by atoms with Gasteiger partial charge in [-0.25, -0.2) is 4.39 Å². The van der Waals surface area contributed by atoms with Crippen LogP contribution in [-0.4, -0.2) is 13.7 Å². The minimum absolute atomic E-state index is 0.0982. The van der Waals surface area contributed by atoms with Gasteiger partial charge in [-0.05, 0) is 51.9 Å². The molecule has 0 saturated carbocycles. The maximum atomic E-state index is 13.8. The predicted octanol–water partition coefficient (Wildman–Crippen LogP) is 3.42. The number of rotatable bonds is 6. The van der Waals surface area contributed by atoms with Crippen LogP contribution in [0.5, 0.6) is 5.75 Å². The molecule has 1 aromatic rings. The van der Waals surface area contributed by atoms with Gasteiger partial charge >= 0.3 is 0 Å². The molecule has 0 saturated heterocycles. The lowest BCUT2D eigenvalue weighted by atomic mass is 9.92. The maximum Gasteiger partial charge on any atom is 0.165 e. The van der Waals surface area contributed by atoms with E-state index in [0.717, 1.165) is 5.56 Å². The van der Waals surface area contributed by atoms with E-state index in [4.69, 9.17) is 10.00 Å². The molecule has 0 bridgehead atoms. The van der Waals surface area contributed by atoms with Crippen molar-refractivity contribution in [2.24, 2.45) is 5.41 Å². The first-order valence-electron chi connectivity index (χ1n) is 6.40. The Kier molecular flexibility index (Phi) is 5.31. The van der Waals surface area contributed by atoms with Crippen molar-refractivity contribution in [2.75, 3.05) is 13.7 Å². The number of nitrogens with one attached hydrogen (secondary N) is 1. The van der Waals surface area contributed by atoms with Crippen molar-refractivity contribution in [1.82, 2.24) is 5.32 Å². The lowest BCUT2D eigenvalue weighted by Gasteiger charge is -2.16. The summed E-state index contributed by atoms with van der Waals surface area (Å²) in [4.78, 5) is 0. The van der Waals surface area contributed by atoms with Gasteiger partial charge in [0.25, 0.3) is 0 Å². The van der Waals surface area contributed by atoms with Crippen molar-refractivity contribution < 1.29 is 9.13 Å². The van der Waals surface area contributed by atoms with Crippen LogP contribution >= 0.6 is 0 Å². The van der Waals surface area contributed by atoms with Crippen LogP contribution in [-0.2, 0) is 0 Å². The summed E-state index contributed by atoms with van der Waals surface area (Å²) in [5.74, 6) is -0.129. The van der Waals surface area contributed by atoms with E-state index in [2.05, 4.69) is 11.4 Å². The largest absolute Gasteiger partial charge is 0.490 e. The first kappa shape index (κ1) is 15.5. The molecule has 0 aliphatic rings. The van der Waals surface area contributed by atoms with Gasteiger partial charge in [0.1, 0.15) is 0 Å². The number of hydrogen-bond donors (Lipinski definition) is 1. The smallest absolute Gasteiger partial charge is 0.165 e. The quantitative estimate of drug-likeness (QED) is 0.856. The second-order valence-corrected chi connectivity index (χ2v) is 5.29. The van der Waals surface area contributed by atoms with Crippen molar-refractivity contribution in [1.29, 1.82) is 5.26 Å². The Morgan fingerprint density at radius 3 is 2.68 bits per heavy atom. The molecule has 1 aromatic carbocycles. The standard InChI is InChI=1S/C15H21FN2O/c1-11(18-4)12-5-6-14(13(16)9-12)19-8-7-15(2,3)10-17/h5-6,9,11,18H,7-8H2,1-4H3.